The Labute approximate surface area is 164 Å². The average molecular weight is 404 g/mol. The van der Waals surface area contributed by atoms with E-state index in [1.54, 1.807) is 17.1 Å². The maximum absolute atomic E-state index is 14.2. The number of nitrogens with zero attached hydrogens (tertiary/aromatic N) is 5. The van der Waals surface area contributed by atoms with E-state index in [0.29, 0.717) is 11.6 Å². The lowest BCUT2D eigenvalue weighted by atomic mass is 9.93. The second-order valence-corrected chi connectivity index (χ2v) is 7.52. The fourth-order valence-electron chi connectivity index (χ4n) is 3.34. The van der Waals surface area contributed by atoms with Crippen molar-refractivity contribution in [1.29, 1.82) is 0 Å². The molecular formula is C18H18F2N6OS. The van der Waals surface area contributed by atoms with Crippen molar-refractivity contribution in [1.82, 2.24) is 29.9 Å². The van der Waals surface area contributed by atoms with Crippen LogP contribution in [0.15, 0.2) is 35.9 Å². The average Bonchev–Trinajstić information content (AvgIpc) is 3.27. The fraction of sp³-hybridized carbons (Fsp3) is 0.333. The molecule has 1 aromatic carbocycles. The normalized spacial score (nSPS) is 16.0. The van der Waals surface area contributed by atoms with Gasteiger partial charge in [0.2, 0.25) is 5.91 Å². The summed E-state index contributed by atoms with van der Waals surface area (Å²) in [6.07, 6.45) is 5.56. The van der Waals surface area contributed by atoms with E-state index in [1.807, 2.05) is 7.05 Å². The molecule has 0 bridgehead atoms. The van der Waals surface area contributed by atoms with Crippen molar-refractivity contribution in [2.24, 2.45) is 7.05 Å². The van der Waals surface area contributed by atoms with Crippen molar-refractivity contribution in [2.45, 2.75) is 30.5 Å². The molecule has 1 atom stereocenters. The highest BCUT2D eigenvalue weighted by Crippen LogP contribution is 2.31. The summed E-state index contributed by atoms with van der Waals surface area (Å²) in [6, 6.07) is 3.24. The van der Waals surface area contributed by atoms with Crippen LogP contribution < -0.4 is 5.32 Å². The Kier molecular flexibility index (Phi) is 5.12. The van der Waals surface area contributed by atoms with Crippen molar-refractivity contribution >= 4 is 17.7 Å². The van der Waals surface area contributed by atoms with Crippen LogP contribution in [0.4, 0.5) is 8.78 Å². The van der Waals surface area contributed by atoms with Gasteiger partial charge in [0.05, 0.1) is 18.0 Å². The number of fused-ring (bicyclic) bond motifs is 1. The Morgan fingerprint density at radius 1 is 1.39 bits per heavy atom. The molecule has 2 aromatic heterocycles. The number of carbonyl (C=O) groups excluding carboxylic acids is 1. The summed E-state index contributed by atoms with van der Waals surface area (Å²) in [5, 5.41) is 15.7. The second-order valence-electron chi connectivity index (χ2n) is 6.58. The van der Waals surface area contributed by atoms with Crippen LogP contribution in [-0.4, -0.2) is 36.2 Å². The molecule has 4 rings (SSSR count). The van der Waals surface area contributed by atoms with Gasteiger partial charge in [-0.1, -0.05) is 11.8 Å². The molecular weight excluding hydrogens is 386 g/mol. The highest BCUT2D eigenvalue weighted by atomic mass is 32.2. The topological polar surface area (TPSA) is 77.6 Å². The molecule has 0 aliphatic heterocycles. The van der Waals surface area contributed by atoms with E-state index in [-0.39, 0.29) is 23.4 Å². The highest BCUT2D eigenvalue weighted by Gasteiger charge is 2.27. The van der Waals surface area contributed by atoms with Crippen LogP contribution in [0.1, 0.15) is 30.1 Å². The van der Waals surface area contributed by atoms with Crippen LogP contribution in [0.5, 0.6) is 0 Å². The maximum atomic E-state index is 14.2. The molecule has 3 aromatic rings. The smallest absolute Gasteiger partial charge is 0.230 e. The van der Waals surface area contributed by atoms with E-state index in [2.05, 4.69) is 20.6 Å². The van der Waals surface area contributed by atoms with Crippen LogP contribution in [0.3, 0.4) is 0 Å². The fourth-order valence-corrected chi connectivity index (χ4v) is 4.04. The number of halogens is 2. The van der Waals surface area contributed by atoms with Crippen LogP contribution in [0, 0.1) is 11.6 Å². The second kappa shape index (κ2) is 7.70. The van der Waals surface area contributed by atoms with Gasteiger partial charge in [-0.3, -0.25) is 4.79 Å². The SMILES string of the molecule is Cn1cnnc1SCC(=O)N[C@H]1CCCc2c1cnn2-c1ccc(F)cc1F. The maximum Gasteiger partial charge on any atom is 0.230 e. The summed E-state index contributed by atoms with van der Waals surface area (Å²) < 4.78 is 30.6. The number of amides is 1. The van der Waals surface area contributed by atoms with Gasteiger partial charge in [-0.15, -0.1) is 10.2 Å². The third kappa shape index (κ3) is 3.64. The minimum Gasteiger partial charge on any atom is -0.348 e. The summed E-state index contributed by atoms with van der Waals surface area (Å²) in [7, 11) is 1.82. The van der Waals surface area contributed by atoms with Gasteiger partial charge in [0.25, 0.3) is 0 Å². The van der Waals surface area contributed by atoms with Gasteiger partial charge < -0.3 is 9.88 Å². The van der Waals surface area contributed by atoms with E-state index >= 15 is 0 Å². The van der Waals surface area contributed by atoms with E-state index in [0.717, 1.165) is 30.2 Å². The van der Waals surface area contributed by atoms with Gasteiger partial charge in [0.1, 0.15) is 17.8 Å². The summed E-state index contributed by atoms with van der Waals surface area (Å²) in [5.41, 5.74) is 1.91. The quantitative estimate of drug-likeness (QED) is 0.662. The summed E-state index contributed by atoms with van der Waals surface area (Å²) in [4.78, 5) is 12.4. The first-order chi connectivity index (χ1) is 13.5. The van der Waals surface area contributed by atoms with Crippen molar-refractivity contribution in [3.05, 3.63) is 53.6 Å². The van der Waals surface area contributed by atoms with Crippen LogP contribution in [0.2, 0.25) is 0 Å². The predicted molar refractivity (Wildman–Crippen MR) is 99.0 cm³/mol. The lowest BCUT2D eigenvalue weighted by Gasteiger charge is -2.24. The van der Waals surface area contributed by atoms with Gasteiger partial charge >= 0.3 is 0 Å². The zero-order valence-corrected chi connectivity index (χ0v) is 15.9. The standard InChI is InChI=1S/C18H18F2N6OS/c1-25-10-21-24-18(25)28-9-17(27)23-14-3-2-4-15-12(14)8-22-26(15)16-6-5-11(19)7-13(16)20/h5-8,10,14H,2-4,9H2,1H3,(H,23,27)/t14-/m0/s1. The first-order valence-corrected chi connectivity index (χ1v) is 9.80. The summed E-state index contributed by atoms with van der Waals surface area (Å²) in [5.74, 6) is -1.20. The van der Waals surface area contributed by atoms with Crippen LogP contribution >= 0.6 is 11.8 Å². The van der Waals surface area contributed by atoms with Gasteiger partial charge in [0.15, 0.2) is 11.0 Å². The zero-order chi connectivity index (χ0) is 19.7. The van der Waals surface area contributed by atoms with Crippen LogP contribution in [-0.2, 0) is 18.3 Å². The molecule has 2 heterocycles. The van der Waals surface area contributed by atoms with Gasteiger partial charge in [-0.2, -0.15) is 5.10 Å². The molecule has 7 nitrogen and oxygen atoms in total. The monoisotopic (exact) mass is 404 g/mol. The van der Waals surface area contributed by atoms with Gasteiger partial charge in [-0.25, -0.2) is 13.5 Å². The number of hydrogen-bond donors (Lipinski definition) is 1. The molecule has 146 valence electrons. The first kappa shape index (κ1) is 18.6. The number of aromatic nitrogens is 5. The Hall–Kier alpha value is -2.75. The van der Waals surface area contributed by atoms with Crippen molar-refractivity contribution in [3.8, 4) is 5.69 Å². The van der Waals surface area contributed by atoms with Crippen LogP contribution in [0.25, 0.3) is 5.69 Å². The Bertz CT molecular complexity index is 1020. The molecule has 28 heavy (non-hydrogen) atoms. The lowest BCUT2D eigenvalue weighted by Crippen LogP contribution is -2.32. The van der Waals surface area contributed by atoms with Gasteiger partial charge in [0, 0.05) is 24.4 Å². The summed E-state index contributed by atoms with van der Waals surface area (Å²) >= 11 is 1.31. The molecule has 0 fully saturated rings. The largest absolute Gasteiger partial charge is 0.348 e. The number of carbonyl (C=O) groups is 1. The Morgan fingerprint density at radius 3 is 3.00 bits per heavy atom. The van der Waals surface area contributed by atoms with Gasteiger partial charge in [-0.05, 0) is 31.4 Å². The Morgan fingerprint density at radius 2 is 2.25 bits per heavy atom. The van der Waals surface area contributed by atoms with E-state index in [9.17, 15) is 13.6 Å². The molecule has 1 amide bonds. The molecule has 1 aliphatic rings. The molecule has 1 aliphatic carbocycles. The third-order valence-corrected chi connectivity index (χ3v) is 5.69. The van der Waals surface area contributed by atoms with E-state index in [1.165, 1.54) is 28.6 Å². The molecule has 0 saturated carbocycles. The highest BCUT2D eigenvalue weighted by molar-refractivity contribution is 7.99. The molecule has 0 saturated heterocycles. The lowest BCUT2D eigenvalue weighted by molar-refractivity contribution is -0.119. The number of nitrogens with one attached hydrogen (secondary N) is 1. The molecule has 0 unspecified atom stereocenters. The zero-order valence-electron chi connectivity index (χ0n) is 15.1. The number of thioether (sulfide) groups is 1. The molecule has 0 radical (unpaired) electrons. The number of hydrogen-bond acceptors (Lipinski definition) is 5. The molecule has 10 heteroatoms. The number of aryl methyl sites for hydroxylation is 1. The first-order valence-electron chi connectivity index (χ1n) is 8.81. The third-order valence-electron chi connectivity index (χ3n) is 4.66. The predicted octanol–water partition coefficient (Wildman–Crippen LogP) is 2.56. The van der Waals surface area contributed by atoms with Crippen molar-refractivity contribution < 1.29 is 13.6 Å². The molecule has 0 spiro atoms. The van der Waals surface area contributed by atoms with E-state index in [4.69, 9.17) is 0 Å². The Balaban J connectivity index is 1.49. The van der Waals surface area contributed by atoms with Crippen molar-refractivity contribution in [3.63, 3.8) is 0 Å². The minimum absolute atomic E-state index is 0.119. The minimum atomic E-state index is -0.669. The van der Waals surface area contributed by atoms with Crippen molar-refractivity contribution in [2.75, 3.05) is 5.75 Å². The number of benzene rings is 1. The van der Waals surface area contributed by atoms with E-state index < -0.39 is 11.6 Å². The molecule has 1 N–H and O–H groups in total. The number of rotatable bonds is 5. The summed E-state index contributed by atoms with van der Waals surface area (Å²) in [6.45, 7) is 0.